The highest BCUT2D eigenvalue weighted by Crippen LogP contribution is 2.52. The van der Waals surface area contributed by atoms with Gasteiger partial charge in [-0.2, -0.15) is 21.0 Å². The lowest BCUT2D eigenvalue weighted by Crippen LogP contribution is -2.57. The van der Waals surface area contributed by atoms with Gasteiger partial charge in [0.2, 0.25) is 23.6 Å². The molecule has 0 saturated heterocycles. The Balaban J connectivity index is 1.97. The fourth-order valence-corrected chi connectivity index (χ4v) is 5.99. The fourth-order valence-electron chi connectivity index (χ4n) is 5.99. The zero-order valence-corrected chi connectivity index (χ0v) is 26.4. The minimum Gasteiger partial charge on any atom is -0.354 e. The lowest BCUT2D eigenvalue weighted by molar-refractivity contribution is -0.133. The van der Waals surface area contributed by atoms with E-state index >= 15 is 0 Å². The van der Waals surface area contributed by atoms with E-state index in [2.05, 4.69) is 21.3 Å². The summed E-state index contributed by atoms with van der Waals surface area (Å²) in [4.78, 5) is 53.1. The van der Waals surface area contributed by atoms with Crippen molar-refractivity contribution < 1.29 is 19.2 Å². The quantitative estimate of drug-likeness (QED) is 0.365. The summed E-state index contributed by atoms with van der Waals surface area (Å²) in [6.45, 7) is 5.00. The SMILES string of the molecule is CC(C)CC1NC(=O)C(Cc2ccccc2)NC(=O)CCCCC2=CC(CNC(=O)[C@H](C)NC1=O)C(C#N)(C#N)C(C#N)(C#N)C2. The predicted molar refractivity (Wildman–Crippen MR) is 166 cm³/mol. The molecular weight excluding hydrogens is 584 g/mol. The number of hydrogen-bond donors (Lipinski definition) is 4. The van der Waals surface area contributed by atoms with Crippen LogP contribution >= 0.6 is 0 Å². The molecule has 46 heavy (non-hydrogen) atoms. The zero-order chi connectivity index (χ0) is 33.9. The van der Waals surface area contributed by atoms with Gasteiger partial charge in [0.1, 0.15) is 18.1 Å². The van der Waals surface area contributed by atoms with Crippen LogP contribution in [0.4, 0.5) is 0 Å². The van der Waals surface area contributed by atoms with Gasteiger partial charge in [0.05, 0.1) is 24.3 Å². The van der Waals surface area contributed by atoms with Crippen molar-refractivity contribution in [2.24, 2.45) is 22.7 Å². The minimum atomic E-state index is -2.06. The summed E-state index contributed by atoms with van der Waals surface area (Å²) in [5.41, 5.74) is -2.55. The van der Waals surface area contributed by atoms with Crippen molar-refractivity contribution in [2.75, 3.05) is 6.54 Å². The van der Waals surface area contributed by atoms with E-state index < -0.39 is 52.6 Å². The molecule has 4 amide bonds. The van der Waals surface area contributed by atoms with Gasteiger partial charge in [-0.1, -0.05) is 55.8 Å². The maximum atomic E-state index is 13.5. The van der Waals surface area contributed by atoms with E-state index in [1.54, 1.807) is 6.08 Å². The van der Waals surface area contributed by atoms with Crippen molar-refractivity contribution in [1.29, 1.82) is 21.0 Å². The summed E-state index contributed by atoms with van der Waals surface area (Å²) < 4.78 is 0. The van der Waals surface area contributed by atoms with Crippen molar-refractivity contribution in [3.63, 3.8) is 0 Å². The molecule has 4 atom stereocenters. The van der Waals surface area contributed by atoms with E-state index in [4.69, 9.17) is 0 Å². The third-order valence-electron chi connectivity index (χ3n) is 8.57. The lowest BCUT2D eigenvalue weighted by atomic mass is 9.54. The molecule has 1 heterocycles. The standard InChI is InChI=1S/C34H40N8O4/c1-22(2)13-27-31(45)40-23(3)30(44)39-17-26-14-25(16-33(18-35,19-36)34(26,20-37)21-38)11-7-8-12-29(43)41-28(32(46)42-27)15-24-9-5-4-6-10-24/h4-6,9-10,14,22-23,26-28H,7-8,11-13,15-17H2,1-3H3,(H,39,44)(H,40,45)(H,41,43)(H,42,46)/t23-,26?,27?,28?/m0/s1. The van der Waals surface area contributed by atoms with Crippen LogP contribution in [0.15, 0.2) is 42.0 Å². The van der Waals surface area contributed by atoms with Gasteiger partial charge in [-0.05, 0) is 44.1 Å². The fraction of sp³-hybridized carbons (Fsp3) is 0.529. The first-order chi connectivity index (χ1) is 21.9. The highest BCUT2D eigenvalue weighted by Gasteiger charge is 2.60. The summed E-state index contributed by atoms with van der Waals surface area (Å²) >= 11 is 0. The highest BCUT2D eigenvalue weighted by molar-refractivity contribution is 5.94. The molecule has 1 aliphatic heterocycles. The Morgan fingerprint density at radius 2 is 1.46 bits per heavy atom. The van der Waals surface area contributed by atoms with E-state index in [1.807, 2.05) is 68.5 Å². The Bertz CT molecular complexity index is 1480. The van der Waals surface area contributed by atoms with E-state index in [1.165, 1.54) is 6.92 Å². The van der Waals surface area contributed by atoms with Crippen molar-refractivity contribution in [3.05, 3.63) is 47.5 Å². The number of nitrogens with zero attached hydrogens (tertiary/aromatic N) is 4. The normalized spacial score (nSPS) is 25.5. The smallest absolute Gasteiger partial charge is 0.243 e. The third kappa shape index (κ3) is 8.09. The van der Waals surface area contributed by atoms with Crippen LogP contribution in [-0.4, -0.2) is 48.3 Å². The second kappa shape index (κ2) is 15.7. The molecule has 240 valence electrons. The van der Waals surface area contributed by atoms with Crippen molar-refractivity contribution >= 4 is 23.6 Å². The molecule has 1 aromatic rings. The van der Waals surface area contributed by atoms with Crippen molar-refractivity contribution in [2.45, 2.75) is 83.8 Å². The van der Waals surface area contributed by atoms with Crippen LogP contribution in [0.5, 0.6) is 0 Å². The van der Waals surface area contributed by atoms with Crippen LogP contribution in [0.3, 0.4) is 0 Å². The van der Waals surface area contributed by atoms with Gasteiger partial charge >= 0.3 is 0 Å². The molecule has 2 bridgehead atoms. The molecule has 12 nitrogen and oxygen atoms in total. The number of benzene rings is 1. The first kappa shape index (κ1) is 35.3. The lowest BCUT2D eigenvalue weighted by Gasteiger charge is -2.41. The number of carbonyl (C=O) groups excluding carboxylic acids is 4. The molecule has 2 aliphatic rings. The average molecular weight is 625 g/mol. The highest BCUT2D eigenvalue weighted by atomic mass is 16.2. The van der Waals surface area contributed by atoms with Gasteiger partial charge in [0.15, 0.2) is 10.8 Å². The molecule has 0 saturated carbocycles. The Hall–Kier alpha value is -5.20. The van der Waals surface area contributed by atoms with Gasteiger partial charge in [-0.25, -0.2) is 0 Å². The largest absolute Gasteiger partial charge is 0.354 e. The Labute approximate surface area is 269 Å². The number of allylic oxidation sites excluding steroid dienone is 1. The number of nitrogens with one attached hydrogen (secondary N) is 4. The molecular formula is C34H40N8O4. The van der Waals surface area contributed by atoms with Crippen LogP contribution < -0.4 is 21.3 Å². The summed E-state index contributed by atoms with van der Waals surface area (Å²) in [6.07, 6.45) is 3.44. The summed E-state index contributed by atoms with van der Waals surface area (Å²) in [7, 11) is 0. The molecule has 0 aromatic heterocycles. The Morgan fingerprint density at radius 1 is 0.826 bits per heavy atom. The van der Waals surface area contributed by atoms with Gasteiger partial charge in [0, 0.05) is 31.7 Å². The molecule has 4 N–H and O–H groups in total. The van der Waals surface area contributed by atoms with E-state index in [-0.39, 0.29) is 44.1 Å². The number of carbonyl (C=O) groups is 4. The number of fused-ring (bicyclic) bond motifs is 1. The second-order valence-electron chi connectivity index (χ2n) is 12.5. The molecule has 1 aliphatic carbocycles. The number of hydrogen-bond acceptors (Lipinski definition) is 8. The van der Waals surface area contributed by atoms with Crippen LogP contribution in [-0.2, 0) is 25.6 Å². The van der Waals surface area contributed by atoms with Gasteiger partial charge in [0.25, 0.3) is 0 Å². The second-order valence-corrected chi connectivity index (χ2v) is 12.5. The van der Waals surface area contributed by atoms with E-state index in [0.717, 1.165) is 5.56 Å². The molecule has 3 unspecified atom stereocenters. The monoisotopic (exact) mass is 624 g/mol. The topological polar surface area (TPSA) is 212 Å². The van der Waals surface area contributed by atoms with Gasteiger partial charge in [-0.15, -0.1) is 0 Å². The summed E-state index contributed by atoms with van der Waals surface area (Å²) in [6, 6.07) is 13.8. The first-order valence-electron chi connectivity index (χ1n) is 15.5. The maximum Gasteiger partial charge on any atom is 0.243 e. The molecule has 0 fully saturated rings. The van der Waals surface area contributed by atoms with Crippen LogP contribution in [0.2, 0.25) is 0 Å². The molecule has 0 radical (unpaired) electrons. The van der Waals surface area contributed by atoms with E-state index in [0.29, 0.717) is 24.8 Å². The van der Waals surface area contributed by atoms with Gasteiger partial charge < -0.3 is 21.3 Å². The predicted octanol–water partition coefficient (Wildman–Crippen LogP) is 2.45. The molecule has 12 heteroatoms. The molecule has 3 rings (SSSR count). The van der Waals surface area contributed by atoms with Crippen LogP contribution in [0.25, 0.3) is 0 Å². The molecule has 1 aromatic carbocycles. The minimum absolute atomic E-state index is 0.00172. The Morgan fingerprint density at radius 3 is 2.07 bits per heavy atom. The number of amides is 4. The summed E-state index contributed by atoms with van der Waals surface area (Å²) in [5.74, 6) is -3.07. The Kier molecular flexibility index (Phi) is 12.0. The molecule has 0 spiro atoms. The van der Waals surface area contributed by atoms with Crippen molar-refractivity contribution in [1.82, 2.24) is 21.3 Å². The van der Waals surface area contributed by atoms with Crippen LogP contribution in [0, 0.1) is 68.0 Å². The van der Waals surface area contributed by atoms with Gasteiger partial charge in [-0.3, -0.25) is 19.2 Å². The summed E-state index contributed by atoms with van der Waals surface area (Å²) in [5, 5.41) is 51.4. The maximum absolute atomic E-state index is 13.5. The third-order valence-corrected chi connectivity index (χ3v) is 8.57. The van der Waals surface area contributed by atoms with Crippen LogP contribution in [0.1, 0.15) is 64.9 Å². The van der Waals surface area contributed by atoms with E-state index in [9.17, 15) is 40.2 Å². The average Bonchev–Trinajstić information content (AvgIpc) is 3.04. The van der Waals surface area contributed by atoms with Crippen molar-refractivity contribution in [3.8, 4) is 24.3 Å². The number of nitriles is 4. The number of rotatable bonds is 4. The first-order valence-corrected chi connectivity index (χ1v) is 15.5. The zero-order valence-electron chi connectivity index (χ0n) is 26.4.